The second-order valence-electron chi connectivity index (χ2n) is 6.38. The zero-order chi connectivity index (χ0) is 15.3. The smallest absolute Gasteiger partial charge is 0.0253 e. The number of halogens is 1. The molecule has 0 radical (unpaired) electrons. The topological polar surface area (TPSA) is 0 Å². The summed E-state index contributed by atoms with van der Waals surface area (Å²) < 4.78 is 1.15. The molecule has 108 valence electrons. The Morgan fingerprint density at radius 2 is 1.18 bits per heavy atom. The average molecular weight is 349 g/mol. The lowest BCUT2D eigenvalue weighted by molar-refractivity contribution is 0.662. The van der Waals surface area contributed by atoms with Gasteiger partial charge in [-0.2, -0.15) is 0 Å². The van der Waals surface area contributed by atoms with Crippen molar-refractivity contribution in [1.29, 1.82) is 0 Å². The second kappa shape index (κ2) is 4.82. The minimum atomic E-state index is 0.0256. The monoisotopic (exact) mass is 348 g/mol. The van der Waals surface area contributed by atoms with E-state index in [1.165, 1.54) is 33.4 Å². The van der Waals surface area contributed by atoms with Crippen LogP contribution in [-0.2, 0) is 5.41 Å². The van der Waals surface area contributed by atoms with Gasteiger partial charge >= 0.3 is 0 Å². The minimum absolute atomic E-state index is 0.0256. The van der Waals surface area contributed by atoms with Crippen molar-refractivity contribution in [1.82, 2.24) is 0 Å². The fraction of sp³-hybridized carbons (Fsp3) is 0.143. The van der Waals surface area contributed by atoms with Crippen LogP contribution in [0.2, 0.25) is 0 Å². The van der Waals surface area contributed by atoms with Crippen molar-refractivity contribution in [2.75, 3.05) is 0 Å². The molecule has 0 amide bonds. The Labute approximate surface area is 140 Å². The van der Waals surface area contributed by atoms with E-state index in [1.807, 2.05) is 0 Å². The SMILES string of the molecule is CC1(C)c2ccccc2-c2cccc(-c3ccccc3Br)c21. The molecular weight excluding hydrogens is 332 g/mol. The van der Waals surface area contributed by atoms with Gasteiger partial charge in [-0.05, 0) is 39.4 Å². The van der Waals surface area contributed by atoms with Gasteiger partial charge in [-0.15, -0.1) is 0 Å². The molecule has 1 aliphatic rings. The predicted octanol–water partition coefficient (Wildman–Crippen LogP) is 6.42. The first kappa shape index (κ1) is 13.8. The summed E-state index contributed by atoms with van der Waals surface area (Å²) in [4.78, 5) is 0. The van der Waals surface area contributed by atoms with Gasteiger partial charge < -0.3 is 0 Å². The third kappa shape index (κ3) is 1.82. The van der Waals surface area contributed by atoms with E-state index in [9.17, 15) is 0 Å². The second-order valence-corrected chi connectivity index (χ2v) is 7.23. The van der Waals surface area contributed by atoms with Crippen molar-refractivity contribution < 1.29 is 0 Å². The molecule has 1 aliphatic carbocycles. The maximum absolute atomic E-state index is 3.71. The molecule has 0 atom stereocenters. The van der Waals surface area contributed by atoms with Crippen LogP contribution in [0.1, 0.15) is 25.0 Å². The Bertz CT molecular complexity index is 875. The summed E-state index contributed by atoms with van der Waals surface area (Å²) in [6, 6.07) is 23.9. The van der Waals surface area contributed by atoms with Gasteiger partial charge in [0.25, 0.3) is 0 Å². The van der Waals surface area contributed by atoms with Crippen LogP contribution in [0.3, 0.4) is 0 Å². The van der Waals surface area contributed by atoms with Crippen LogP contribution in [0.4, 0.5) is 0 Å². The van der Waals surface area contributed by atoms with Crippen LogP contribution < -0.4 is 0 Å². The molecule has 0 bridgehead atoms. The van der Waals surface area contributed by atoms with E-state index in [2.05, 4.69) is 96.5 Å². The summed E-state index contributed by atoms with van der Waals surface area (Å²) in [5.74, 6) is 0. The highest BCUT2D eigenvalue weighted by molar-refractivity contribution is 9.10. The van der Waals surface area contributed by atoms with E-state index in [4.69, 9.17) is 0 Å². The Balaban J connectivity index is 2.07. The number of hydrogen-bond acceptors (Lipinski definition) is 0. The molecule has 1 heteroatoms. The maximum atomic E-state index is 3.71. The van der Waals surface area contributed by atoms with Crippen LogP contribution >= 0.6 is 15.9 Å². The molecule has 3 aromatic rings. The summed E-state index contributed by atoms with van der Waals surface area (Å²) in [7, 11) is 0. The first-order valence-electron chi connectivity index (χ1n) is 7.59. The van der Waals surface area contributed by atoms with Gasteiger partial charge in [0.05, 0.1) is 0 Å². The standard InChI is InChI=1S/C21H17Br/c1-21(2)18-12-5-3-8-14(18)16-10-7-11-17(20(16)21)15-9-4-6-13-19(15)22/h3-13H,1-2H3. The lowest BCUT2D eigenvalue weighted by Gasteiger charge is -2.24. The molecule has 22 heavy (non-hydrogen) atoms. The summed E-state index contributed by atoms with van der Waals surface area (Å²) in [5.41, 5.74) is 8.21. The molecular formula is C21H17Br. The van der Waals surface area contributed by atoms with Gasteiger partial charge in [0, 0.05) is 9.89 Å². The van der Waals surface area contributed by atoms with Crippen LogP contribution in [0.25, 0.3) is 22.3 Å². The molecule has 4 rings (SSSR count). The lowest BCUT2D eigenvalue weighted by atomic mass is 9.79. The van der Waals surface area contributed by atoms with Crippen molar-refractivity contribution in [2.45, 2.75) is 19.3 Å². The van der Waals surface area contributed by atoms with Crippen molar-refractivity contribution in [3.05, 3.63) is 82.3 Å². The number of benzene rings is 3. The molecule has 0 aromatic heterocycles. The zero-order valence-electron chi connectivity index (χ0n) is 12.7. The number of hydrogen-bond donors (Lipinski definition) is 0. The molecule has 0 N–H and O–H groups in total. The molecule has 0 fully saturated rings. The Kier molecular flexibility index (Phi) is 3.02. The van der Waals surface area contributed by atoms with E-state index in [0.29, 0.717) is 0 Å². The van der Waals surface area contributed by atoms with Crippen molar-refractivity contribution in [3.63, 3.8) is 0 Å². The molecule has 0 nitrogen and oxygen atoms in total. The van der Waals surface area contributed by atoms with E-state index in [0.717, 1.165) is 4.47 Å². The minimum Gasteiger partial charge on any atom is -0.0619 e. The molecule has 0 saturated carbocycles. The molecule has 0 saturated heterocycles. The van der Waals surface area contributed by atoms with Crippen LogP contribution in [0.5, 0.6) is 0 Å². The summed E-state index contributed by atoms with van der Waals surface area (Å²) >= 11 is 3.71. The quantitative estimate of drug-likeness (QED) is 0.475. The third-order valence-electron chi connectivity index (χ3n) is 4.74. The van der Waals surface area contributed by atoms with Gasteiger partial charge in [0.1, 0.15) is 0 Å². The van der Waals surface area contributed by atoms with Gasteiger partial charge in [-0.25, -0.2) is 0 Å². The summed E-state index contributed by atoms with van der Waals surface area (Å²) in [6.07, 6.45) is 0. The Morgan fingerprint density at radius 1 is 0.636 bits per heavy atom. The fourth-order valence-electron chi connectivity index (χ4n) is 3.75. The van der Waals surface area contributed by atoms with E-state index in [1.54, 1.807) is 0 Å². The third-order valence-corrected chi connectivity index (χ3v) is 5.44. The highest BCUT2D eigenvalue weighted by Crippen LogP contribution is 2.52. The Hall–Kier alpha value is -1.86. The van der Waals surface area contributed by atoms with Crippen LogP contribution in [-0.4, -0.2) is 0 Å². The van der Waals surface area contributed by atoms with Gasteiger partial charge in [-0.3, -0.25) is 0 Å². The number of rotatable bonds is 1. The first-order chi connectivity index (χ1) is 10.6. The number of fused-ring (bicyclic) bond motifs is 3. The molecule has 0 aliphatic heterocycles. The van der Waals surface area contributed by atoms with Crippen LogP contribution in [0.15, 0.2) is 71.2 Å². The molecule has 0 unspecified atom stereocenters. The summed E-state index contributed by atoms with van der Waals surface area (Å²) in [6.45, 7) is 4.66. The Morgan fingerprint density at radius 3 is 1.91 bits per heavy atom. The van der Waals surface area contributed by atoms with Gasteiger partial charge in [0.15, 0.2) is 0 Å². The first-order valence-corrected chi connectivity index (χ1v) is 8.38. The average Bonchev–Trinajstić information content (AvgIpc) is 2.77. The molecule has 0 heterocycles. The highest BCUT2D eigenvalue weighted by Gasteiger charge is 2.37. The molecule has 0 spiro atoms. The molecule has 3 aromatic carbocycles. The van der Waals surface area contributed by atoms with Gasteiger partial charge in [0.2, 0.25) is 0 Å². The van der Waals surface area contributed by atoms with E-state index in [-0.39, 0.29) is 5.41 Å². The van der Waals surface area contributed by atoms with Crippen molar-refractivity contribution in [3.8, 4) is 22.3 Å². The van der Waals surface area contributed by atoms with Gasteiger partial charge in [-0.1, -0.05) is 90.4 Å². The van der Waals surface area contributed by atoms with Crippen molar-refractivity contribution in [2.24, 2.45) is 0 Å². The maximum Gasteiger partial charge on any atom is 0.0253 e. The zero-order valence-corrected chi connectivity index (χ0v) is 14.3. The fourth-order valence-corrected chi connectivity index (χ4v) is 4.25. The van der Waals surface area contributed by atoms with Crippen LogP contribution in [0, 0.1) is 0 Å². The van der Waals surface area contributed by atoms with E-state index < -0.39 is 0 Å². The lowest BCUT2D eigenvalue weighted by Crippen LogP contribution is -2.16. The summed E-state index contributed by atoms with van der Waals surface area (Å²) in [5, 5.41) is 0. The van der Waals surface area contributed by atoms with E-state index >= 15 is 0 Å². The normalized spacial score (nSPS) is 14.5. The highest BCUT2D eigenvalue weighted by atomic mass is 79.9. The predicted molar refractivity (Wildman–Crippen MR) is 97.1 cm³/mol. The largest absolute Gasteiger partial charge is 0.0619 e. The van der Waals surface area contributed by atoms with Crippen molar-refractivity contribution >= 4 is 15.9 Å².